The van der Waals surface area contributed by atoms with E-state index in [1.165, 1.54) is 12.8 Å². The molecule has 4 nitrogen and oxygen atoms in total. The van der Waals surface area contributed by atoms with Gasteiger partial charge in [0.05, 0.1) is 6.54 Å². The van der Waals surface area contributed by atoms with E-state index in [0.29, 0.717) is 6.42 Å². The number of Topliss-reactive ketones (excluding diaryl/α,β-unsaturated/α-hetero) is 1. The predicted molar refractivity (Wildman–Crippen MR) is 65.8 cm³/mol. The number of carbonyl (C=O) groups is 2. The van der Waals surface area contributed by atoms with Gasteiger partial charge in [0, 0.05) is 6.42 Å². The fraction of sp³-hybridized carbons (Fsp3) is 0.846. The molecule has 1 saturated carbocycles. The average molecular weight is 241 g/mol. The van der Waals surface area contributed by atoms with E-state index >= 15 is 0 Å². The Balaban J connectivity index is 2.03. The molecule has 4 heteroatoms. The largest absolute Gasteiger partial charge is 0.444 e. The minimum absolute atomic E-state index is 0.0801. The number of alkyl carbamates (subject to hydrolysis) is 1. The quantitative estimate of drug-likeness (QED) is 0.777. The number of carbonyl (C=O) groups excluding carboxylic acids is 2. The number of nitrogens with one attached hydrogen (secondary N) is 1. The van der Waals surface area contributed by atoms with Gasteiger partial charge in [0.1, 0.15) is 5.60 Å². The third kappa shape index (κ3) is 7.77. The van der Waals surface area contributed by atoms with Gasteiger partial charge >= 0.3 is 6.09 Å². The molecule has 1 amide bonds. The summed E-state index contributed by atoms with van der Waals surface area (Å²) in [7, 11) is 0. The monoisotopic (exact) mass is 241 g/mol. The molecule has 0 unspecified atom stereocenters. The summed E-state index contributed by atoms with van der Waals surface area (Å²) >= 11 is 0. The molecular weight excluding hydrogens is 218 g/mol. The Bertz CT molecular complexity index is 277. The molecule has 17 heavy (non-hydrogen) atoms. The Morgan fingerprint density at radius 2 is 1.94 bits per heavy atom. The van der Waals surface area contributed by atoms with Crippen molar-refractivity contribution in [2.45, 2.75) is 58.5 Å². The van der Waals surface area contributed by atoms with E-state index in [2.05, 4.69) is 5.32 Å². The number of hydrogen-bond donors (Lipinski definition) is 1. The third-order valence-electron chi connectivity index (χ3n) is 2.59. The normalized spacial score (nSPS) is 15.5. The standard InChI is InChI=1S/C13H23NO3/c1-13(2,3)17-12(16)14-9-11(15)6-4-5-10-7-8-10/h10H,4-9H2,1-3H3,(H,14,16). The molecule has 0 spiro atoms. The van der Waals surface area contributed by atoms with Crippen molar-refractivity contribution in [1.29, 1.82) is 0 Å². The topological polar surface area (TPSA) is 55.4 Å². The molecule has 1 fully saturated rings. The highest BCUT2D eigenvalue weighted by molar-refractivity contribution is 5.83. The molecule has 1 N–H and O–H groups in total. The molecule has 0 saturated heterocycles. The molecule has 0 radical (unpaired) electrons. The first-order valence-electron chi connectivity index (χ1n) is 6.35. The number of ketones is 1. The van der Waals surface area contributed by atoms with Crippen molar-refractivity contribution in [3.8, 4) is 0 Å². The van der Waals surface area contributed by atoms with Crippen LogP contribution in [0.1, 0.15) is 52.9 Å². The van der Waals surface area contributed by atoms with E-state index in [1.807, 2.05) is 0 Å². The van der Waals surface area contributed by atoms with Crippen molar-refractivity contribution in [2.75, 3.05) is 6.54 Å². The van der Waals surface area contributed by atoms with Crippen LogP contribution in [0.5, 0.6) is 0 Å². The Morgan fingerprint density at radius 1 is 1.29 bits per heavy atom. The van der Waals surface area contributed by atoms with Gasteiger partial charge < -0.3 is 10.1 Å². The van der Waals surface area contributed by atoms with Crippen LogP contribution in [0.15, 0.2) is 0 Å². The number of hydrogen-bond acceptors (Lipinski definition) is 3. The van der Waals surface area contributed by atoms with Crippen LogP contribution in [-0.4, -0.2) is 24.0 Å². The molecule has 0 aromatic rings. The van der Waals surface area contributed by atoms with Gasteiger partial charge in [0.2, 0.25) is 0 Å². The van der Waals surface area contributed by atoms with Crippen molar-refractivity contribution in [3.63, 3.8) is 0 Å². The van der Waals surface area contributed by atoms with Gasteiger partial charge in [-0.05, 0) is 33.1 Å². The second-order valence-electron chi connectivity index (χ2n) is 5.73. The summed E-state index contributed by atoms with van der Waals surface area (Å²) < 4.78 is 5.04. The SMILES string of the molecule is CC(C)(C)OC(=O)NCC(=O)CCCC1CC1. The number of amides is 1. The van der Waals surface area contributed by atoms with Crippen molar-refractivity contribution in [3.05, 3.63) is 0 Å². The Labute approximate surface area is 103 Å². The van der Waals surface area contributed by atoms with Crippen molar-refractivity contribution in [1.82, 2.24) is 5.32 Å². The number of ether oxygens (including phenoxy) is 1. The zero-order valence-electron chi connectivity index (χ0n) is 11.0. The van der Waals surface area contributed by atoms with Crippen molar-refractivity contribution in [2.24, 2.45) is 5.92 Å². The highest BCUT2D eigenvalue weighted by Gasteiger charge is 2.21. The summed E-state index contributed by atoms with van der Waals surface area (Å²) in [6.07, 6.45) is 4.78. The molecule has 1 aliphatic carbocycles. The Kier molecular flexibility index (Phi) is 4.97. The van der Waals surface area contributed by atoms with Crippen LogP contribution in [-0.2, 0) is 9.53 Å². The minimum atomic E-state index is -0.520. The first kappa shape index (κ1) is 14.0. The van der Waals surface area contributed by atoms with Gasteiger partial charge in [-0.3, -0.25) is 4.79 Å². The summed E-state index contributed by atoms with van der Waals surface area (Å²) in [4.78, 5) is 22.7. The summed E-state index contributed by atoms with van der Waals surface area (Å²) in [5, 5.41) is 2.48. The summed E-state index contributed by atoms with van der Waals surface area (Å²) in [6.45, 7) is 5.47. The first-order valence-corrected chi connectivity index (χ1v) is 6.35. The second kappa shape index (κ2) is 6.03. The van der Waals surface area contributed by atoms with E-state index in [-0.39, 0.29) is 12.3 Å². The van der Waals surface area contributed by atoms with Crippen molar-refractivity contribution < 1.29 is 14.3 Å². The maximum atomic E-state index is 11.4. The van der Waals surface area contributed by atoms with E-state index in [9.17, 15) is 9.59 Å². The average Bonchev–Trinajstić information content (AvgIpc) is 2.96. The highest BCUT2D eigenvalue weighted by Crippen LogP contribution is 2.33. The molecule has 0 aliphatic heterocycles. The fourth-order valence-electron chi connectivity index (χ4n) is 1.57. The Hall–Kier alpha value is -1.06. The van der Waals surface area contributed by atoms with Gasteiger partial charge in [-0.25, -0.2) is 4.79 Å². The molecule has 1 rings (SSSR count). The van der Waals surface area contributed by atoms with Crippen LogP contribution in [0.2, 0.25) is 0 Å². The third-order valence-corrected chi connectivity index (χ3v) is 2.59. The fourth-order valence-corrected chi connectivity index (χ4v) is 1.57. The van der Waals surface area contributed by atoms with Crippen molar-refractivity contribution >= 4 is 11.9 Å². The summed E-state index contributed by atoms with van der Waals surface area (Å²) in [6, 6.07) is 0. The van der Waals surface area contributed by atoms with E-state index in [4.69, 9.17) is 4.74 Å². The maximum absolute atomic E-state index is 11.4. The van der Waals surface area contributed by atoms with Crippen LogP contribution in [0.4, 0.5) is 4.79 Å². The van der Waals surface area contributed by atoms with Gasteiger partial charge in [0.15, 0.2) is 5.78 Å². The van der Waals surface area contributed by atoms with Crippen LogP contribution < -0.4 is 5.32 Å². The molecule has 1 aliphatic rings. The minimum Gasteiger partial charge on any atom is -0.444 e. The van der Waals surface area contributed by atoms with Gasteiger partial charge in [-0.2, -0.15) is 0 Å². The zero-order valence-corrected chi connectivity index (χ0v) is 11.0. The maximum Gasteiger partial charge on any atom is 0.408 e. The lowest BCUT2D eigenvalue weighted by Crippen LogP contribution is -2.35. The first-order chi connectivity index (χ1) is 7.87. The lowest BCUT2D eigenvalue weighted by molar-refractivity contribution is -0.118. The predicted octanol–water partition coefficient (Wildman–Crippen LogP) is 2.66. The summed E-state index contributed by atoms with van der Waals surface area (Å²) in [5.74, 6) is 0.943. The molecule has 0 atom stereocenters. The van der Waals surface area contributed by atoms with Crippen LogP contribution in [0.25, 0.3) is 0 Å². The molecule has 0 aromatic heterocycles. The molecule has 0 aromatic carbocycles. The molecule has 98 valence electrons. The van der Waals surface area contributed by atoms with Crippen LogP contribution >= 0.6 is 0 Å². The number of rotatable bonds is 6. The van der Waals surface area contributed by atoms with Gasteiger partial charge in [-0.1, -0.05) is 19.3 Å². The second-order valence-corrected chi connectivity index (χ2v) is 5.73. The highest BCUT2D eigenvalue weighted by atomic mass is 16.6. The van der Waals surface area contributed by atoms with Crippen LogP contribution in [0, 0.1) is 5.92 Å². The molecular formula is C13H23NO3. The Morgan fingerprint density at radius 3 is 2.47 bits per heavy atom. The molecule has 0 heterocycles. The van der Waals surface area contributed by atoms with E-state index < -0.39 is 11.7 Å². The van der Waals surface area contributed by atoms with Gasteiger partial charge in [-0.15, -0.1) is 0 Å². The molecule has 0 bridgehead atoms. The summed E-state index contributed by atoms with van der Waals surface area (Å²) in [5.41, 5.74) is -0.515. The lowest BCUT2D eigenvalue weighted by atomic mass is 10.1. The van der Waals surface area contributed by atoms with E-state index in [1.54, 1.807) is 20.8 Å². The van der Waals surface area contributed by atoms with E-state index in [0.717, 1.165) is 18.8 Å². The lowest BCUT2D eigenvalue weighted by Gasteiger charge is -2.19. The smallest absolute Gasteiger partial charge is 0.408 e. The van der Waals surface area contributed by atoms with Crippen LogP contribution in [0.3, 0.4) is 0 Å². The zero-order chi connectivity index (χ0) is 12.9. The van der Waals surface area contributed by atoms with Gasteiger partial charge in [0.25, 0.3) is 0 Å².